The molecule has 2 N–H and O–H groups in total. The molecule has 4 heteroatoms. The Morgan fingerprint density at radius 1 is 1.25 bits per heavy atom. The Balaban J connectivity index is 1.72. The molecule has 3 nitrogen and oxygen atoms in total. The smallest absolute Gasteiger partial charge is 0.0486 e. The predicted octanol–water partition coefficient (Wildman–Crippen LogP) is 4.53. The van der Waals surface area contributed by atoms with Gasteiger partial charge >= 0.3 is 0 Å². The van der Waals surface area contributed by atoms with Crippen LogP contribution < -0.4 is 10.6 Å². The van der Waals surface area contributed by atoms with E-state index < -0.39 is 0 Å². The molecule has 0 saturated carbocycles. The number of piperidine rings is 1. The van der Waals surface area contributed by atoms with E-state index in [9.17, 15) is 0 Å². The number of nitrogens with one attached hydrogen (secondary N) is 2. The zero-order valence-corrected chi connectivity index (χ0v) is 16.3. The Morgan fingerprint density at radius 3 is 2.92 bits per heavy atom. The minimum atomic E-state index is 0.426. The van der Waals surface area contributed by atoms with Gasteiger partial charge in [-0.15, -0.1) is 0 Å². The topological polar surface area (TPSA) is 29.0 Å². The van der Waals surface area contributed by atoms with Crippen molar-refractivity contribution in [1.29, 1.82) is 0 Å². The lowest BCUT2D eigenvalue weighted by Crippen LogP contribution is -2.37. The fraction of sp³-hybridized carbons (Fsp3) is 0.600. The van der Waals surface area contributed by atoms with Crippen LogP contribution in [-0.2, 0) is 13.0 Å². The second kappa shape index (κ2) is 6.81. The molecular weight excluding hydrogens is 362 g/mol. The largest absolute Gasteiger partial charge is 0.344 e. The van der Waals surface area contributed by atoms with Crippen molar-refractivity contribution in [3.63, 3.8) is 0 Å². The van der Waals surface area contributed by atoms with Crippen molar-refractivity contribution in [3.8, 4) is 0 Å². The number of hydrogen-bond acceptors (Lipinski definition) is 2. The van der Waals surface area contributed by atoms with Gasteiger partial charge in [0.05, 0.1) is 0 Å². The van der Waals surface area contributed by atoms with Gasteiger partial charge in [-0.05, 0) is 63.4 Å². The van der Waals surface area contributed by atoms with E-state index in [2.05, 4.69) is 63.2 Å². The molecule has 2 aliphatic heterocycles. The molecule has 0 spiro atoms. The lowest BCUT2D eigenvalue weighted by Gasteiger charge is -2.29. The van der Waals surface area contributed by atoms with E-state index in [0.717, 1.165) is 13.0 Å². The highest BCUT2D eigenvalue weighted by Gasteiger charge is 2.28. The van der Waals surface area contributed by atoms with Crippen molar-refractivity contribution in [2.45, 2.75) is 70.6 Å². The van der Waals surface area contributed by atoms with E-state index in [1.165, 1.54) is 53.2 Å². The van der Waals surface area contributed by atoms with Crippen LogP contribution in [0.3, 0.4) is 0 Å². The summed E-state index contributed by atoms with van der Waals surface area (Å²) in [6, 6.07) is 8.45. The van der Waals surface area contributed by atoms with Crippen LogP contribution in [0.15, 0.2) is 22.7 Å². The summed E-state index contributed by atoms with van der Waals surface area (Å²) in [6.07, 6.45) is 6.42. The van der Waals surface area contributed by atoms with E-state index >= 15 is 0 Å². The Bertz CT molecular complexity index is 730. The van der Waals surface area contributed by atoms with Crippen molar-refractivity contribution < 1.29 is 0 Å². The van der Waals surface area contributed by atoms with Crippen LogP contribution in [0, 0.1) is 0 Å². The highest BCUT2D eigenvalue weighted by atomic mass is 79.9. The van der Waals surface area contributed by atoms with Crippen LogP contribution >= 0.6 is 15.9 Å². The first-order valence-corrected chi connectivity index (χ1v) is 10.2. The van der Waals surface area contributed by atoms with Crippen molar-refractivity contribution in [1.82, 2.24) is 15.2 Å². The van der Waals surface area contributed by atoms with Crippen LogP contribution in [0.1, 0.15) is 56.8 Å². The minimum absolute atomic E-state index is 0.426. The van der Waals surface area contributed by atoms with Gasteiger partial charge in [-0.1, -0.05) is 22.4 Å². The number of rotatable bonds is 3. The summed E-state index contributed by atoms with van der Waals surface area (Å²) in [6.45, 7) is 6.94. The fourth-order valence-corrected chi connectivity index (χ4v) is 5.04. The SMILES string of the molecule is CC1Cc2c(c3cc(Br)ccc3n2CCC2CCCCN2)C(C)N1. The summed E-state index contributed by atoms with van der Waals surface area (Å²) in [5.74, 6) is 0. The Kier molecular flexibility index (Phi) is 4.72. The van der Waals surface area contributed by atoms with E-state index in [4.69, 9.17) is 0 Å². The van der Waals surface area contributed by atoms with Crippen LogP contribution in [0.5, 0.6) is 0 Å². The fourth-order valence-electron chi connectivity index (χ4n) is 4.68. The van der Waals surface area contributed by atoms with Gasteiger partial charge in [-0.25, -0.2) is 0 Å². The van der Waals surface area contributed by atoms with Gasteiger partial charge in [0.1, 0.15) is 0 Å². The number of hydrogen-bond donors (Lipinski definition) is 2. The molecule has 0 aliphatic carbocycles. The Hall–Kier alpha value is -0.840. The molecule has 130 valence electrons. The molecule has 24 heavy (non-hydrogen) atoms. The lowest BCUT2D eigenvalue weighted by molar-refractivity contribution is 0.363. The van der Waals surface area contributed by atoms with Gasteiger partial charge < -0.3 is 15.2 Å². The summed E-state index contributed by atoms with van der Waals surface area (Å²) >= 11 is 3.66. The molecular formula is C20H28BrN3. The maximum atomic E-state index is 3.72. The summed E-state index contributed by atoms with van der Waals surface area (Å²) in [4.78, 5) is 0. The van der Waals surface area contributed by atoms with Crippen molar-refractivity contribution in [2.75, 3.05) is 6.54 Å². The highest BCUT2D eigenvalue weighted by Crippen LogP contribution is 2.36. The second-order valence-electron chi connectivity index (χ2n) is 7.60. The third-order valence-corrected chi connectivity index (χ3v) is 6.25. The van der Waals surface area contributed by atoms with E-state index in [0.29, 0.717) is 18.1 Å². The first-order valence-electron chi connectivity index (χ1n) is 9.43. The van der Waals surface area contributed by atoms with Crippen LogP contribution in [0.25, 0.3) is 10.9 Å². The molecule has 0 radical (unpaired) electrons. The molecule has 1 saturated heterocycles. The van der Waals surface area contributed by atoms with Gasteiger partial charge in [0.15, 0.2) is 0 Å². The van der Waals surface area contributed by atoms with E-state index in [1.54, 1.807) is 5.69 Å². The molecule has 1 aromatic heterocycles. The normalized spacial score (nSPS) is 27.4. The molecule has 0 amide bonds. The number of benzene rings is 1. The van der Waals surface area contributed by atoms with E-state index in [-0.39, 0.29) is 0 Å². The molecule has 4 rings (SSSR count). The predicted molar refractivity (Wildman–Crippen MR) is 105 cm³/mol. The third-order valence-electron chi connectivity index (χ3n) is 5.76. The van der Waals surface area contributed by atoms with Crippen molar-refractivity contribution in [2.24, 2.45) is 0 Å². The van der Waals surface area contributed by atoms with Crippen LogP contribution in [0.4, 0.5) is 0 Å². The van der Waals surface area contributed by atoms with Crippen LogP contribution in [-0.4, -0.2) is 23.2 Å². The molecule has 3 atom stereocenters. The number of aromatic nitrogens is 1. The molecule has 1 aromatic carbocycles. The van der Waals surface area contributed by atoms with E-state index in [1.807, 2.05) is 0 Å². The second-order valence-corrected chi connectivity index (χ2v) is 8.52. The Morgan fingerprint density at radius 2 is 2.12 bits per heavy atom. The first-order chi connectivity index (χ1) is 11.6. The molecule has 2 aliphatic rings. The average Bonchev–Trinajstić information content (AvgIpc) is 2.86. The number of fused-ring (bicyclic) bond motifs is 3. The maximum Gasteiger partial charge on any atom is 0.0486 e. The highest BCUT2D eigenvalue weighted by molar-refractivity contribution is 9.10. The van der Waals surface area contributed by atoms with Gasteiger partial charge in [0.25, 0.3) is 0 Å². The van der Waals surface area contributed by atoms with Crippen molar-refractivity contribution >= 4 is 26.8 Å². The molecule has 1 fully saturated rings. The van der Waals surface area contributed by atoms with Crippen LogP contribution in [0.2, 0.25) is 0 Å². The summed E-state index contributed by atoms with van der Waals surface area (Å²) < 4.78 is 3.79. The molecule has 3 unspecified atom stereocenters. The average molecular weight is 390 g/mol. The standard InChI is InChI=1S/C20H28BrN3/c1-13-11-19-20(14(2)23-13)17-12-15(21)6-7-18(17)24(19)10-8-16-5-3-4-9-22-16/h6-7,12-14,16,22-23H,3-5,8-11H2,1-2H3. The van der Waals surface area contributed by atoms with Gasteiger partial charge in [0, 0.05) is 52.2 Å². The molecule has 0 bridgehead atoms. The number of aryl methyl sites for hydroxylation is 1. The zero-order valence-electron chi connectivity index (χ0n) is 14.7. The summed E-state index contributed by atoms with van der Waals surface area (Å²) in [7, 11) is 0. The van der Waals surface area contributed by atoms with Gasteiger partial charge in [0.2, 0.25) is 0 Å². The number of nitrogens with zero attached hydrogens (tertiary/aromatic N) is 1. The summed E-state index contributed by atoms with van der Waals surface area (Å²) in [5, 5.41) is 8.85. The lowest BCUT2D eigenvalue weighted by atomic mass is 9.95. The minimum Gasteiger partial charge on any atom is -0.344 e. The molecule has 2 aromatic rings. The maximum absolute atomic E-state index is 3.72. The quantitative estimate of drug-likeness (QED) is 0.806. The Labute approximate surface area is 153 Å². The number of halogens is 1. The van der Waals surface area contributed by atoms with Gasteiger partial charge in [-0.2, -0.15) is 0 Å². The van der Waals surface area contributed by atoms with Crippen molar-refractivity contribution in [3.05, 3.63) is 33.9 Å². The zero-order chi connectivity index (χ0) is 16.7. The first kappa shape index (κ1) is 16.6. The van der Waals surface area contributed by atoms with Gasteiger partial charge in [-0.3, -0.25) is 0 Å². The third kappa shape index (κ3) is 3.04. The monoisotopic (exact) mass is 389 g/mol. The summed E-state index contributed by atoms with van der Waals surface area (Å²) in [5.41, 5.74) is 4.47. The molecule has 3 heterocycles.